The largest absolute Gasteiger partial charge is 0.455 e. The highest BCUT2D eigenvalue weighted by atomic mass is 16.7. The number of aryl methyl sites for hydroxylation is 1. The SMILES string of the molecule is CCn1nnc(CC(=O)O[C@@H]2COC(OC(C)=O)[C@@H]2OC(C)=O)n1. The van der Waals surface area contributed by atoms with Gasteiger partial charge in [-0.25, -0.2) is 0 Å². The second-order valence-electron chi connectivity index (χ2n) is 4.98. The zero-order chi connectivity index (χ0) is 17.7. The zero-order valence-electron chi connectivity index (χ0n) is 13.5. The van der Waals surface area contributed by atoms with E-state index in [0.717, 1.165) is 0 Å². The number of carbonyl (C=O) groups excluding carboxylic acids is 3. The van der Waals surface area contributed by atoms with Crippen LogP contribution in [0.25, 0.3) is 0 Å². The summed E-state index contributed by atoms with van der Waals surface area (Å²) in [6.07, 6.45) is -3.24. The van der Waals surface area contributed by atoms with Crippen molar-refractivity contribution in [3.05, 3.63) is 5.82 Å². The van der Waals surface area contributed by atoms with E-state index in [2.05, 4.69) is 15.4 Å². The summed E-state index contributed by atoms with van der Waals surface area (Å²) in [6, 6.07) is 0. The molecule has 1 aliphatic heterocycles. The van der Waals surface area contributed by atoms with Crippen LogP contribution < -0.4 is 0 Å². The van der Waals surface area contributed by atoms with Crippen molar-refractivity contribution in [2.45, 2.75) is 52.2 Å². The van der Waals surface area contributed by atoms with Crippen molar-refractivity contribution in [3.63, 3.8) is 0 Å². The average Bonchev–Trinajstić information content (AvgIpc) is 3.07. The molecule has 1 saturated heterocycles. The van der Waals surface area contributed by atoms with Gasteiger partial charge in [0.05, 0.1) is 13.2 Å². The van der Waals surface area contributed by atoms with Crippen LogP contribution in [0.2, 0.25) is 0 Å². The normalized spacial score (nSPS) is 22.9. The zero-order valence-corrected chi connectivity index (χ0v) is 13.5. The van der Waals surface area contributed by atoms with Gasteiger partial charge in [0.25, 0.3) is 0 Å². The molecule has 0 spiro atoms. The third kappa shape index (κ3) is 4.72. The molecule has 1 fully saturated rings. The van der Waals surface area contributed by atoms with Gasteiger partial charge in [-0.2, -0.15) is 4.80 Å². The van der Waals surface area contributed by atoms with E-state index < -0.39 is 36.4 Å². The van der Waals surface area contributed by atoms with Crippen LogP contribution in [0.5, 0.6) is 0 Å². The number of nitrogens with zero attached hydrogens (tertiary/aromatic N) is 4. The van der Waals surface area contributed by atoms with Crippen molar-refractivity contribution in [1.82, 2.24) is 20.2 Å². The standard InChI is InChI=1S/C13H18N4O7/c1-4-17-15-10(14-16-17)5-11(20)24-9-6-21-13(23-8(3)19)12(9)22-7(2)18/h9,12-13H,4-6H2,1-3H3/t9-,12-,13?/m1/s1. The van der Waals surface area contributed by atoms with Crippen LogP contribution >= 0.6 is 0 Å². The summed E-state index contributed by atoms with van der Waals surface area (Å²) in [5, 5.41) is 11.4. The lowest BCUT2D eigenvalue weighted by molar-refractivity contribution is -0.192. The molecule has 0 aliphatic carbocycles. The van der Waals surface area contributed by atoms with Crippen molar-refractivity contribution < 1.29 is 33.3 Å². The van der Waals surface area contributed by atoms with Crippen LogP contribution in [0.1, 0.15) is 26.6 Å². The molecule has 0 aromatic carbocycles. The van der Waals surface area contributed by atoms with E-state index in [-0.39, 0.29) is 18.9 Å². The number of rotatable bonds is 6. The maximum Gasteiger partial charge on any atom is 0.314 e. The molecule has 0 N–H and O–H groups in total. The summed E-state index contributed by atoms with van der Waals surface area (Å²) in [4.78, 5) is 35.6. The highest BCUT2D eigenvalue weighted by Crippen LogP contribution is 2.22. The Hall–Kier alpha value is -2.56. The molecule has 1 unspecified atom stereocenters. The monoisotopic (exact) mass is 342 g/mol. The molecular formula is C13H18N4O7. The van der Waals surface area contributed by atoms with E-state index in [9.17, 15) is 14.4 Å². The van der Waals surface area contributed by atoms with Crippen LogP contribution in [0.4, 0.5) is 0 Å². The molecule has 2 rings (SSSR count). The summed E-state index contributed by atoms with van der Waals surface area (Å²) in [5.41, 5.74) is 0. The Bertz CT molecular complexity index is 617. The minimum Gasteiger partial charge on any atom is -0.455 e. The molecule has 1 aromatic rings. The summed E-state index contributed by atoms with van der Waals surface area (Å²) in [7, 11) is 0. The fourth-order valence-corrected chi connectivity index (χ4v) is 2.06. The van der Waals surface area contributed by atoms with Gasteiger partial charge in [-0.05, 0) is 12.1 Å². The molecule has 24 heavy (non-hydrogen) atoms. The van der Waals surface area contributed by atoms with Gasteiger partial charge in [-0.1, -0.05) is 0 Å². The maximum atomic E-state index is 12.0. The van der Waals surface area contributed by atoms with E-state index in [1.54, 1.807) is 0 Å². The van der Waals surface area contributed by atoms with Crippen LogP contribution in [0, 0.1) is 0 Å². The first-order chi connectivity index (χ1) is 11.4. The Balaban J connectivity index is 1.96. The van der Waals surface area contributed by atoms with Crippen LogP contribution in [-0.4, -0.2) is 63.2 Å². The van der Waals surface area contributed by atoms with Crippen molar-refractivity contribution in [1.29, 1.82) is 0 Å². The summed E-state index contributed by atoms with van der Waals surface area (Å²) in [6.45, 7) is 4.66. The van der Waals surface area contributed by atoms with Gasteiger partial charge < -0.3 is 18.9 Å². The Morgan fingerprint density at radius 1 is 1.21 bits per heavy atom. The molecule has 0 bridgehead atoms. The third-order valence-electron chi connectivity index (χ3n) is 3.01. The lowest BCUT2D eigenvalue weighted by Crippen LogP contribution is -2.39. The van der Waals surface area contributed by atoms with Gasteiger partial charge in [0.2, 0.25) is 12.4 Å². The average molecular weight is 342 g/mol. The van der Waals surface area contributed by atoms with Gasteiger partial charge in [0.1, 0.15) is 6.42 Å². The maximum absolute atomic E-state index is 12.0. The smallest absolute Gasteiger partial charge is 0.314 e. The molecule has 1 aromatic heterocycles. The summed E-state index contributed by atoms with van der Waals surface area (Å²) < 4.78 is 20.4. The van der Waals surface area contributed by atoms with Crippen LogP contribution in [0.15, 0.2) is 0 Å². The number of esters is 3. The second-order valence-corrected chi connectivity index (χ2v) is 4.98. The van der Waals surface area contributed by atoms with Gasteiger partial charge >= 0.3 is 17.9 Å². The molecule has 3 atom stereocenters. The predicted octanol–water partition coefficient (Wildman–Crippen LogP) is -1.00. The first kappa shape index (κ1) is 17.8. The number of hydrogen-bond acceptors (Lipinski definition) is 10. The lowest BCUT2D eigenvalue weighted by Gasteiger charge is -2.21. The quantitative estimate of drug-likeness (QED) is 0.468. The van der Waals surface area contributed by atoms with Crippen molar-refractivity contribution in [3.8, 4) is 0 Å². The highest BCUT2D eigenvalue weighted by Gasteiger charge is 2.44. The van der Waals surface area contributed by atoms with Gasteiger partial charge in [-0.15, -0.1) is 10.2 Å². The van der Waals surface area contributed by atoms with Crippen molar-refractivity contribution >= 4 is 17.9 Å². The number of aromatic nitrogens is 4. The molecular weight excluding hydrogens is 324 g/mol. The number of tetrazole rings is 1. The molecule has 11 heteroatoms. The fraction of sp³-hybridized carbons (Fsp3) is 0.692. The van der Waals surface area contributed by atoms with E-state index in [1.165, 1.54) is 18.6 Å². The number of carbonyl (C=O) groups is 3. The first-order valence-electron chi connectivity index (χ1n) is 7.31. The lowest BCUT2D eigenvalue weighted by atomic mass is 10.2. The minimum atomic E-state index is -1.12. The molecule has 0 saturated carbocycles. The van der Waals surface area contributed by atoms with E-state index in [4.69, 9.17) is 18.9 Å². The summed E-state index contributed by atoms with van der Waals surface area (Å²) in [5.74, 6) is -1.65. The number of hydrogen-bond donors (Lipinski definition) is 0. The van der Waals surface area contributed by atoms with E-state index >= 15 is 0 Å². The fourth-order valence-electron chi connectivity index (χ4n) is 2.06. The highest BCUT2D eigenvalue weighted by molar-refractivity contribution is 5.72. The molecule has 1 aliphatic rings. The van der Waals surface area contributed by atoms with Crippen molar-refractivity contribution in [2.75, 3.05) is 6.61 Å². The molecule has 0 amide bonds. The second kappa shape index (κ2) is 7.81. The topological polar surface area (TPSA) is 132 Å². The molecule has 0 radical (unpaired) electrons. The minimum absolute atomic E-state index is 0.0727. The third-order valence-corrected chi connectivity index (χ3v) is 3.01. The Labute approximate surface area is 137 Å². The van der Waals surface area contributed by atoms with Crippen molar-refractivity contribution in [2.24, 2.45) is 0 Å². The summed E-state index contributed by atoms with van der Waals surface area (Å²) >= 11 is 0. The number of ether oxygens (including phenoxy) is 4. The first-order valence-corrected chi connectivity index (χ1v) is 7.31. The Morgan fingerprint density at radius 3 is 2.50 bits per heavy atom. The van der Waals surface area contributed by atoms with E-state index in [1.807, 2.05) is 6.92 Å². The van der Waals surface area contributed by atoms with Gasteiger partial charge in [0, 0.05) is 13.8 Å². The van der Waals surface area contributed by atoms with Gasteiger partial charge in [-0.3, -0.25) is 14.4 Å². The van der Waals surface area contributed by atoms with E-state index in [0.29, 0.717) is 6.54 Å². The predicted molar refractivity (Wildman–Crippen MR) is 74.1 cm³/mol. The van der Waals surface area contributed by atoms with Crippen LogP contribution in [0.3, 0.4) is 0 Å². The Kier molecular flexibility index (Phi) is 5.79. The Morgan fingerprint density at radius 2 is 1.92 bits per heavy atom. The van der Waals surface area contributed by atoms with Crippen LogP contribution in [-0.2, 0) is 46.3 Å². The molecule has 2 heterocycles. The van der Waals surface area contributed by atoms with Gasteiger partial charge in [0.15, 0.2) is 11.9 Å². The molecule has 11 nitrogen and oxygen atoms in total. The molecule has 132 valence electrons.